The topological polar surface area (TPSA) is 98.3 Å². The van der Waals surface area contributed by atoms with E-state index in [1.807, 2.05) is 11.8 Å². The van der Waals surface area contributed by atoms with Crippen molar-refractivity contribution < 1.29 is 9.72 Å². The Bertz CT molecular complexity index is 536. The lowest BCUT2D eigenvalue weighted by Crippen LogP contribution is -2.33. The van der Waals surface area contributed by atoms with E-state index in [0.29, 0.717) is 10.8 Å². The normalized spacial score (nSPS) is 21.6. The van der Waals surface area contributed by atoms with Crippen LogP contribution < -0.4 is 11.1 Å². The average Bonchev–Trinajstić information content (AvgIpc) is 2.85. The molecule has 0 aliphatic heterocycles. The Balaban J connectivity index is 2.03. The van der Waals surface area contributed by atoms with E-state index < -0.39 is 4.92 Å². The summed E-state index contributed by atoms with van der Waals surface area (Å²) in [5.74, 6) is -0.224. The van der Waals surface area contributed by atoms with Gasteiger partial charge in [-0.05, 0) is 37.7 Å². The number of anilines is 1. The molecule has 2 unspecified atom stereocenters. The van der Waals surface area contributed by atoms with Gasteiger partial charge in [0, 0.05) is 22.9 Å². The third kappa shape index (κ3) is 3.22. The molecule has 1 aromatic carbocycles. The van der Waals surface area contributed by atoms with Crippen LogP contribution in [0.2, 0.25) is 0 Å². The van der Waals surface area contributed by atoms with Crippen molar-refractivity contribution >= 4 is 29.0 Å². The average molecular weight is 295 g/mol. The first-order valence-corrected chi connectivity index (χ1v) is 7.67. The Morgan fingerprint density at radius 1 is 1.50 bits per heavy atom. The molecule has 1 fully saturated rings. The molecule has 2 atom stereocenters. The zero-order chi connectivity index (χ0) is 14.7. The molecule has 1 amide bonds. The molecule has 0 aromatic heterocycles. The Morgan fingerprint density at radius 2 is 2.25 bits per heavy atom. The Morgan fingerprint density at radius 3 is 2.80 bits per heavy atom. The predicted molar refractivity (Wildman–Crippen MR) is 79.9 cm³/mol. The number of nitrogens with one attached hydrogen (secondary N) is 1. The molecule has 2 rings (SSSR count). The van der Waals surface area contributed by atoms with Crippen LogP contribution >= 0.6 is 11.8 Å². The van der Waals surface area contributed by atoms with Crippen LogP contribution in [0.25, 0.3) is 0 Å². The number of benzene rings is 1. The zero-order valence-electron chi connectivity index (χ0n) is 11.2. The number of nitro groups is 1. The van der Waals surface area contributed by atoms with Gasteiger partial charge < -0.3 is 11.1 Å². The van der Waals surface area contributed by atoms with Crippen molar-refractivity contribution in [1.82, 2.24) is 5.32 Å². The second-order valence-electron chi connectivity index (χ2n) is 4.87. The quantitative estimate of drug-likeness (QED) is 0.504. The zero-order valence-corrected chi connectivity index (χ0v) is 12.0. The van der Waals surface area contributed by atoms with Gasteiger partial charge in [-0.3, -0.25) is 14.9 Å². The summed E-state index contributed by atoms with van der Waals surface area (Å²) in [6, 6.07) is 4.24. The molecule has 0 radical (unpaired) electrons. The van der Waals surface area contributed by atoms with Crippen LogP contribution in [0.15, 0.2) is 18.2 Å². The Hall–Kier alpha value is -1.76. The van der Waals surface area contributed by atoms with Gasteiger partial charge in [-0.15, -0.1) is 0 Å². The smallest absolute Gasteiger partial charge is 0.292 e. The van der Waals surface area contributed by atoms with Crippen LogP contribution in [0.5, 0.6) is 0 Å². The van der Waals surface area contributed by atoms with Crippen LogP contribution in [0.1, 0.15) is 29.6 Å². The molecule has 6 nitrogen and oxygen atoms in total. The summed E-state index contributed by atoms with van der Waals surface area (Å²) in [5.41, 5.74) is 5.78. The number of nitro benzene ring substituents is 1. The number of nitrogens with two attached hydrogens (primary N) is 1. The summed E-state index contributed by atoms with van der Waals surface area (Å²) in [5, 5.41) is 14.2. The van der Waals surface area contributed by atoms with E-state index in [9.17, 15) is 14.9 Å². The van der Waals surface area contributed by atoms with Crippen LogP contribution in [-0.2, 0) is 0 Å². The largest absolute Gasteiger partial charge is 0.393 e. The van der Waals surface area contributed by atoms with Gasteiger partial charge in [-0.2, -0.15) is 11.8 Å². The molecule has 1 saturated carbocycles. The van der Waals surface area contributed by atoms with Gasteiger partial charge in [0.15, 0.2) is 0 Å². The van der Waals surface area contributed by atoms with Gasteiger partial charge in [0.2, 0.25) is 0 Å². The van der Waals surface area contributed by atoms with Gasteiger partial charge in [-0.1, -0.05) is 0 Å². The number of nitrogens with zero attached hydrogens (tertiary/aromatic N) is 1. The minimum Gasteiger partial charge on any atom is -0.393 e. The molecule has 3 N–H and O–H groups in total. The summed E-state index contributed by atoms with van der Waals surface area (Å²) in [6.45, 7) is 0. The number of thioether (sulfide) groups is 1. The molecule has 0 heterocycles. The van der Waals surface area contributed by atoms with E-state index in [0.717, 1.165) is 19.3 Å². The summed E-state index contributed by atoms with van der Waals surface area (Å²) < 4.78 is 0. The van der Waals surface area contributed by atoms with Crippen molar-refractivity contribution in [3.05, 3.63) is 33.9 Å². The molecule has 20 heavy (non-hydrogen) atoms. The molecule has 1 aliphatic carbocycles. The third-order valence-corrected chi connectivity index (χ3v) is 4.63. The molecule has 1 aromatic rings. The van der Waals surface area contributed by atoms with Crippen LogP contribution in [0.3, 0.4) is 0 Å². The minimum absolute atomic E-state index is 0.0102. The van der Waals surface area contributed by atoms with Gasteiger partial charge in [0.05, 0.1) is 4.92 Å². The lowest BCUT2D eigenvalue weighted by molar-refractivity contribution is -0.383. The number of nitrogen functional groups attached to an aromatic ring is 1. The van der Waals surface area contributed by atoms with E-state index in [1.165, 1.54) is 18.2 Å². The highest BCUT2D eigenvalue weighted by Gasteiger charge is 2.25. The fraction of sp³-hybridized carbons (Fsp3) is 0.462. The van der Waals surface area contributed by atoms with Crippen molar-refractivity contribution in [3.8, 4) is 0 Å². The minimum atomic E-state index is -0.558. The van der Waals surface area contributed by atoms with Gasteiger partial charge in [-0.25, -0.2) is 0 Å². The first kappa shape index (κ1) is 14.6. The van der Waals surface area contributed by atoms with Gasteiger partial charge in [0.1, 0.15) is 5.69 Å². The molecule has 1 aliphatic rings. The van der Waals surface area contributed by atoms with E-state index in [-0.39, 0.29) is 23.3 Å². The van der Waals surface area contributed by atoms with E-state index in [4.69, 9.17) is 5.73 Å². The number of hydrogen-bond acceptors (Lipinski definition) is 5. The third-order valence-electron chi connectivity index (χ3n) is 3.54. The highest BCUT2D eigenvalue weighted by molar-refractivity contribution is 7.99. The number of hydrogen-bond donors (Lipinski definition) is 2. The molecular formula is C13H17N3O3S. The second-order valence-corrected chi connectivity index (χ2v) is 6.01. The molecule has 0 spiro atoms. The summed E-state index contributed by atoms with van der Waals surface area (Å²) in [7, 11) is 0. The maximum absolute atomic E-state index is 12.1. The highest BCUT2D eigenvalue weighted by atomic mass is 32.2. The van der Waals surface area contributed by atoms with Crippen molar-refractivity contribution in [2.24, 2.45) is 0 Å². The summed E-state index contributed by atoms with van der Waals surface area (Å²) in [6.07, 6.45) is 5.12. The lowest BCUT2D eigenvalue weighted by Gasteiger charge is -2.13. The monoisotopic (exact) mass is 295 g/mol. The standard InChI is InChI=1S/C13H17N3O3S/c1-20-10-4-3-9(7-10)15-13(17)8-2-5-12(16(18)19)11(14)6-8/h2,5-6,9-10H,3-4,7,14H2,1H3,(H,15,17). The van der Waals surface area contributed by atoms with Crippen molar-refractivity contribution in [2.45, 2.75) is 30.6 Å². The predicted octanol–water partition coefficient (Wildman–Crippen LogP) is 2.19. The molecule has 0 bridgehead atoms. The molecular weight excluding hydrogens is 278 g/mol. The van der Waals surface area contributed by atoms with Crippen LogP contribution in [0, 0.1) is 10.1 Å². The van der Waals surface area contributed by atoms with Crippen LogP contribution in [-0.4, -0.2) is 28.4 Å². The molecule has 7 heteroatoms. The highest BCUT2D eigenvalue weighted by Crippen LogP contribution is 2.28. The summed E-state index contributed by atoms with van der Waals surface area (Å²) >= 11 is 1.82. The second kappa shape index (κ2) is 6.13. The SMILES string of the molecule is CSC1CCC(NC(=O)c2ccc([N+](=O)[O-])c(N)c2)C1. The fourth-order valence-electron chi connectivity index (χ4n) is 2.42. The van der Waals surface area contributed by atoms with E-state index in [2.05, 4.69) is 11.6 Å². The van der Waals surface area contributed by atoms with Crippen LogP contribution in [0.4, 0.5) is 11.4 Å². The van der Waals surface area contributed by atoms with Gasteiger partial charge >= 0.3 is 0 Å². The van der Waals surface area contributed by atoms with Gasteiger partial charge in [0.25, 0.3) is 11.6 Å². The van der Waals surface area contributed by atoms with E-state index >= 15 is 0 Å². The summed E-state index contributed by atoms with van der Waals surface area (Å²) in [4.78, 5) is 22.2. The lowest BCUT2D eigenvalue weighted by atomic mass is 10.1. The maximum Gasteiger partial charge on any atom is 0.292 e. The first-order valence-electron chi connectivity index (χ1n) is 6.39. The van der Waals surface area contributed by atoms with Crippen molar-refractivity contribution in [2.75, 3.05) is 12.0 Å². The van der Waals surface area contributed by atoms with Crippen molar-refractivity contribution in [1.29, 1.82) is 0 Å². The molecule has 108 valence electrons. The number of rotatable bonds is 4. The maximum atomic E-state index is 12.1. The first-order chi connectivity index (χ1) is 9.51. The van der Waals surface area contributed by atoms with E-state index in [1.54, 1.807) is 0 Å². The molecule has 0 saturated heterocycles. The Labute approximate surface area is 121 Å². The van der Waals surface area contributed by atoms with Crippen molar-refractivity contribution in [3.63, 3.8) is 0 Å². The Kier molecular flexibility index (Phi) is 4.49. The number of carbonyl (C=O) groups is 1. The number of carbonyl (C=O) groups excluding carboxylic acids is 1. The fourth-order valence-corrected chi connectivity index (χ4v) is 3.21. The number of amides is 1.